The molecule has 2 atom stereocenters. The van der Waals surface area contributed by atoms with Gasteiger partial charge in [-0.2, -0.15) is 0 Å². The first-order valence-corrected chi connectivity index (χ1v) is 6.51. The summed E-state index contributed by atoms with van der Waals surface area (Å²) in [5, 5.41) is 10.7. The Hall–Kier alpha value is -1.10. The first kappa shape index (κ1) is 16.0. The Kier molecular flexibility index (Phi) is 6.28. The molecule has 0 heterocycles. The molecule has 1 rings (SSSR count). The molecule has 0 radical (unpaired) electrons. The minimum atomic E-state index is -0.631. The zero-order valence-corrected chi connectivity index (χ0v) is 12.2. The molecule has 0 saturated carbocycles. The molecule has 0 aliphatic rings. The summed E-state index contributed by atoms with van der Waals surface area (Å²) in [6.45, 7) is 2.76. The van der Waals surface area contributed by atoms with Crippen molar-refractivity contribution in [1.29, 1.82) is 0 Å². The molecule has 2 unspecified atom stereocenters. The number of aliphatic hydroxyl groups is 1. The fourth-order valence-corrected chi connectivity index (χ4v) is 2.13. The number of halogens is 1. The first-order chi connectivity index (χ1) is 8.93. The maximum Gasteiger partial charge on any atom is 0.309 e. The van der Waals surface area contributed by atoms with E-state index in [9.17, 15) is 9.90 Å². The van der Waals surface area contributed by atoms with Crippen molar-refractivity contribution in [1.82, 2.24) is 4.90 Å². The SMILES string of the molecule is COC(=O)C(C)CN(C)CC(O)c1cccc(Cl)c1. The van der Waals surface area contributed by atoms with Crippen LogP contribution in [0.4, 0.5) is 0 Å². The van der Waals surface area contributed by atoms with E-state index in [0.29, 0.717) is 18.1 Å². The fourth-order valence-electron chi connectivity index (χ4n) is 1.93. The zero-order chi connectivity index (χ0) is 14.4. The van der Waals surface area contributed by atoms with Gasteiger partial charge < -0.3 is 14.7 Å². The first-order valence-electron chi connectivity index (χ1n) is 6.14. The van der Waals surface area contributed by atoms with Gasteiger partial charge in [-0.15, -0.1) is 0 Å². The largest absolute Gasteiger partial charge is 0.469 e. The fraction of sp³-hybridized carbons (Fsp3) is 0.500. The van der Waals surface area contributed by atoms with Gasteiger partial charge in [-0.3, -0.25) is 4.79 Å². The predicted molar refractivity (Wildman–Crippen MR) is 75.1 cm³/mol. The number of hydrogen-bond acceptors (Lipinski definition) is 4. The molecule has 0 spiro atoms. The lowest BCUT2D eigenvalue weighted by molar-refractivity contribution is -0.145. The number of likely N-dealkylation sites (N-methyl/N-ethyl adjacent to an activating group) is 1. The molecule has 0 fully saturated rings. The van der Waals surface area contributed by atoms with Crippen LogP contribution in [0.3, 0.4) is 0 Å². The molecule has 19 heavy (non-hydrogen) atoms. The van der Waals surface area contributed by atoms with Crippen molar-refractivity contribution in [3.8, 4) is 0 Å². The Balaban J connectivity index is 2.52. The van der Waals surface area contributed by atoms with Gasteiger partial charge in [-0.25, -0.2) is 0 Å². The molecule has 1 aromatic rings. The highest BCUT2D eigenvalue weighted by Crippen LogP contribution is 2.18. The number of esters is 1. The third-order valence-corrected chi connectivity index (χ3v) is 3.14. The van der Waals surface area contributed by atoms with Crippen LogP contribution in [0.15, 0.2) is 24.3 Å². The third kappa shape index (κ3) is 5.19. The second kappa shape index (κ2) is 7.48. The molecule has 4 nitrogen and oxygen atoms in total. The van der Waals surface area contributed by atoms with Gasteiger partial charge >= 0.3 is 5.97 Å². The molecule has 1 aromatic carbocycles. The van der Waals surface area contributed by atoms with E-state index in [2.05, 4.69) is 4.74 Å². The van der Waals surface area contributed by atoms with Gasteiger partial charge in [-0.1, -0.05) is 30.7 Å². The number of nitrogens with zero attached hydrogens (tertiary/aromatic N) is 1. The van der Waals surface area contributed by atoms with Gasteiger partial charge in [0.2, 0.25) is 0 Å². The van der Waals surface area contributed by atoms with E-state index in [4.69, 9.17) is 11.6 Å². The van der Waals surface area contributed by atoms with E-state index in [1.54, 1.807) is 25.1 Å². The van der Waals surface area contributed by atoms with Crippen LogP contribution in [0.25, 0.3) is 0 Å². The quantitative estimate of drug-likeness (QED) is 0.814. The molecular formula is C14H20ClNO3. The standard InChI is InChI=1S/C14H20ClNO3/c1-10(14(18)19-3)8-16(2)9-13(17)11-5-4-6-12(15)7-11/h4-7,10,13,17H,8-9H2,1-3H3. The molecule has 0 saturated heterocycles. The lowest BCUT2D eigenvalue weighted by atomic mass is 10.1. The monoisotopic (exact) mass is 285 g/mol. The van der Waals surface area contributed by atoms with Gasteiger partial charge in [-0.05, 0) is 24.7 Å². The van der Waals surface area contributed by atoms with Crippen LogP contribution in [-0.4, -0.2) is 43.2 Å². The molecule has 0 bridgehead atoms. The summed E-state index contributed by atoms with van der Waals surface area (Å²) in [6, 6.07) is 7.14. The van der Waals surface area contributed by atoms with Crippen molar-refractivity contribution in [2.75, 3.05) is 27.2 Å². The predicted octanol–water partition coefficient (Wildman–Crippen LogP) is 2.11. The van der Waals surface area contributed by atoms with Crippen molar-refractivity contribution in [3.63, 3.8) is 0 Å². The van der Waals surface area contributed by atoms with E-state index in [0.717, 1.165) is 5.56 Å². The number of benzene rings is 1. The number of rotatable bonds is 6. The second-order valence-electron chi connectivity index (χ2n) is 4.72. The smallest absolute Gasteiger partial charge is 0.309 e. The Morgan fingerprint density at radius 1 is 1.47 bits per heavy atom. The summed E-state index contributed by atoms with van der Waals surface area (Å²) in [4.78, 5) is 13.2. The Bertz CT molecular complexity index is 425. The van der Waals surface area contributed by atoms with Gasteiger partial charge in [0.25, 0.3) is 0 Å². The Morgan fingerprint density at radius 2 is 2.16 bits per heavy atom. The lowest BCUT2D eigenvalue weighted by Gasteiger charge is -2.23. The number of methoxy groups -OCH3 is 1. The van der Waals surface area contributed by atoms with Crippen LogP contribution in [0.1, 0.15) is 18.6 Å². The zero-order valence-electron chi connectivity index (χ0n) is 11.5. The van der Waals surface area contributed by atoms with Gasteiger partial charge in [0.1, 0.15) is 0 Å². The summed E-state index contributed by atoms with van der Waals surface area (Å²) in [5.41, 5.74) is 0.769. The molecule has 0 aliphatic heterocycles. The van der Waals surface area contributed by atoms with E-state index >= 15 is 0 Å². The number of carbonyl (C=O) groups is 1. The molecule has 0 aliphatic carbocycles. The highest BCUT2D eigenvalue weighted by atomic mass is 35.5. The summed E-state index contributed by atoms with van der Waals surface area (Å²) >= 11 is 5.88. The molecular weight excluding hydrogens is 266 g/mol. The normalized spacial score (nSPS) is 14.2. The average molecular weight is 286 g/mol. The molecule has 0 aromatic heterocycles. The van der Waals surface area contributed by atoms with Crippen LogP contribution in [0.5, 0.6) is 0 Å². The maximum atomic E-state index is 11.3. The Morgan fingerprint density at radius 3 is 2.74 bits per heavy atom. The number of hydrogen-bond donors (Lipinski definition) is 1. The highest BCUT2D eigenvalue weighted by Gasteiger charge is 2.18. The van der Waals surface area contributed by atoms with Crippen molar-refractivity contribution < 1.29 is 14.6 Å². The average Bonchev–Trinajstić information content (AvgIpc) is 2.37. The van der Waals surface area contributed by atoms with Crippen LogP contribution >= 0.6 is 11.6 Å². The van der Waals surface area contributed by atoms with Crippen molar-refractivity contribution >= 4 is 17.6 Å². The topological polar surface area (TPSA) is 49.8 Å². The van der Waals surface area contributed by atoms with Crippen LogP contribution in [0, 0.1) is 5.92 Å². The Labute approximate surface area is 118 Å². The molecule has 106 valence electrons. The van der Waals surface area contributed by atoms with Crippen molar-refractivity contribution in [2.24, 2.45) is 5.92 Å². The van der Waals surface area contributed by atoms with Gasteiger partial charge in [0.15, 0.2) is 0 Å². The van der Waals surface area contributed by atoms with E-state index in [1.165, 1.54) is 7.11 Å². The molecule has 5 heteroatoms. The number of carbonyl (C=O) groups excluding carboxylic acids is 1. The van der Waals surface area contributed by atoms with E-state index < -0.39 is 6.10 Å². The summed E-state index contributed by atoms with van der Waals surface area (Å²) in [5.74, 6) is -0.467. The van der Waals surface area contributed by atoms with Crippen LogP contribution in [-0.2, 0) is 9.53 Å². The van der Waals surface area contributed by atoms with Crippen LogP contribution in [0.2, 0.25) is 5.02 Å². The van der Waals surface area contributed by atoms with E-state index in [1.807, 2.05) is 18.0 Å². The highest BCUT2D eigenvalue weighted by molar-refractivity contribution is 6.30. The summed E-state index contributed by atoms with van der Waals surface area (Å²) in [6.07, 6.45) is -0.631. The minimum absolute atomic E-state index is 0.221. The van der Waals surface area contributed by atoms with Gasteiger partial charge in [0.05, 0.1) is 19.1 Å². The number of ether oxygens (including phenoxy) is 1. The molecule has 0 amide bonds. The minimum Gasteiger partial charge on any atom is -0.469 e. The van der Waals surface area contributed by atoms with Crippen LogP contribution < -0.4 is 0 Å². The van der Waals surface area contributed by atoms with Gasteiger partial charge in [0, 0.05) is 18.1 Å². The second-order valence-corrected chi connectivity index (χ2v) is 5.15. The maximum absolute atomic E-state index is 11.3. The third-order valence-electron chi connectivity index (χ3n) is 2.91. The molecule has 1 N–H and O–H groups in total. The summed E-state index contributed by atoms with van der Waals surface area (Å²) in [7, 11) is 3.23. The summed E-state index contributed by atoms with van der Waals surface area (Å²) < 4.78 is 4.67. The lowest BCUT2D eigenvalue weighted by Crippen LogP contribution is -2.32. The van der Waals surface area contributed by atoms with E-state index in [-0.39, 0.29) is 11.9 Å². The number of aliphatic hydroxyl groups excluding tert-OH is 1. The van der Waals surface area contributed by atoms with Crippen molar-refractivity contribution in [2.45, 2.75) is 13.0 Å². The van der Waals surface area contributed by atoms with Crippen molar-refractivity contribution in [3.05, 3.63) is 34.9 Å².